The molecular formula is C6H10. The molecule has 2 rings (SSSR count). The maximum atomic E-state index is 1.56. The van der Waals surface area contributed by atoms with Gasteiger partial charge in [0.2, 0.25) is 0 Å². The van der Waals surface area contributed by atoms with Crippen molar-refractivity contribution in [1.29, 1.82) is 0 Å². The standard InChI is InChI=1S/C6H10/c1-2-6-4-3-5(1)6/h5-6H,1-4H2. The highest BCUT2D eigenvalue weighted by Gasteiger charge is 2.37. The van der Waals surface area contributed by atoms with Gasteiger partial charge in [-0.2, -0.15) is 0 Å². The predicted molar refractivity (Wildman–Crippen MR) is 25.4 cm³/mol. The van der Waals surface area contributed by atoms with Crippen LogP contribution in [0.15, 0.2) is 0 Å². The van der Waals surface area contributed by atoms with Crippen LogP contribution in [0.5, 0.6) is 0 Å². The lowest BCUT2D eigenvalue weighted by molar-refractivity contribution is 0.0548. The lowest BCUT2D eigenvalue weighted by Gasteiger charge is -2.46. The van der Waals surface area contributed by atoms with Crippen LogP contribution in [0.4, 0.5) is 0 Å². The zero-order valence-corrected chi connectivity index (χ0v) is 3.98. The van der Waals surface area contributed by atoms with Crippen LogP contribution in [-0.4, -0.2) is 0 Å². The second-order valence-electron chi connectivity index (χ2n) is 2.67. The number of fused-ring (bicyclic) bond motifs is 1. The van der Waals surface area contributed by atoms with Gasteiger partial charge in [-0.15, -0.1) is 0 Å². The minimum atomic E-state index is 1.21. The van der Waals surface area contributed by atoms with E-state index >= 15 is 0 Å². The highest BCUT2D eigenvalue weighted by Crippen LogP contribution is 2.49. The molecule has 0 aromatic heterocycles. The van der Waals surface area contributed by atoms with E-state index in [4.69, 9.17) is 0 Å². The summed E-state index contributed by atoms with van der Waals surface area (Å²) in [5.74, 6) is 2.43. The lowest BCUT2D eigenvalue weighted by Crippen LogP contribution is -2.34. The molecule has 0 amide bonds. The third kappa shape index (κ3) is 0.184. The highest BCUT2D eigenvalue weighted by molar-refractivity contribution is 4.89. The average molecular weight is 82.1 g/mol. The fraction of sp³-hybridized carbons (Fsp3) is 1.00. The van der Waals surface area contributed by atoms with E-state index in [0.29, 0.717) is 0 Å². The van der Waals surface area contributed by atoms with Crippen LogP contribution in [0.3, 0.4) is 0 Å². The van der Waals surface area contributed by atoms with Gasteiger partial charge in [-0.25, -0.2) is 0 Å². The Morgan fingerprint density at radius 2 is 1.00 bits per heavy atom. The van der Waals surface area contributed by atoms with E-state index in [1.807, 2.05) is 0 Å². The van der Waals surface area contributed by atoms with Crippen LogP contribution in [0.25, 0.3) is 0 Å². The Hall–Kier alpha value is 0. The fourth-order valence-corrected chi connectivity index (χ4v) is 1.56. The molecule has 0 heterocycles. The zero-order valence-electron chi connectivity index (χ0n) is 3.98. The Kier molecular flexibility index (Phi) is 0.408. The van der Waals surface area contributed by atoms with Crippen molar-refractivity contribution in [3.05, 3.63) is 0 Å². The van der Waals surface area contributed by atoms with Gasteiger partial charge in [0.05, 0.1) is 0 Å². The van der Waals surface area contributed by atoms with Gasteiger partial charge in [-0.1, -0.05) is 0 Å². The topological polar surface area (TPSA) is 0 Å². The summed E-state index contributed by atoms with van der Waals surface area (Å²) in [5, 5.41) is 0. The molecule has 6 heavy (non-hydrogen) atoms. The Bertz CT molecular complexity index is 48.4. The lowest BCUT2D eigenvalue weighted by atomic mass is 9.60. The summed E-state index contributed by atoms with van der Waals surface area (Å²) in [6, 6.07) is 0. The molecule has 0 bridgehead atoms. The molecule has 0 aromatic rings. The van der Waals surface area contributed by atoms with Crippen molar-refractivity contribution in [2.75, 3.05) is 0 Å². The summed E-state index contributed by atoms with van der Waals surface area (Å²) in [6.07, 6.45) is 6.24. The SMILES string of the molecule is C1CC2CCC12. The summed E-state index contributed by atoms with van der Waals surface area (Å²) < 4.78 is 0. The van der Waals surface area contributed by atoms with Crippen LogP contribution >= 0.6 is 0 Å². The van der Waals surface area contributed by atoms with E-state index in [0.717, 1.165) is 0 Å². The van der Waals surface area contributed by atoms with Crippen molar-refractivity contribution in [1.82, 2.24) is 0 Å². The molecule has 0 heteroatoms. The Labute approximate surface area is 38.6 Å². The van der Waals surface area contributed by atoms with E-state index in [1.165, 1.54) is 11.8 Å². The molecular weight excluding hydrogens is 72.1 g/mol. The van der Waals surface area contributed by atoms with Crippen molar-refractivity contribution in [3.8, 4) is 0 Å². The Morgan fingerprint density at radius 1 is 0.667 bits per heavy atom. The van der Waals surface area contributed by atoms with E-state index < -0.39 is 0 Å². The molecule has 2 saturated carbocycles. The zero-order chi connectivity index (χ0) is 3.98. The molecule has 34 valence electrons. The van der Waals surface area contributed by atoms with Gasteiger partial charge in [0.15, 0.2) is 0 Å². The monoisotopic (exact) mass is 82.1 g/mol. The first-order valence-corrected chi connectivity index (χ1v) is 2.97. The molecule has 0 spiro atoms. The first-order valence-electron chi connectivity index (χ1n) is 2.97. The summed E-state index contributed by atoms with van der Waals surface area (Å²) in [6.45, 7) is 0. The van der Waals surface area contributed by atoms with Gasteiger partial charge in [-0.05, 0) is 37.5 Å². The second-order valence-corrected chi connectivity index (χ2v) is 2.67. The van der Waals surface area contributed by atoms with Gasteiger partial charge < -0.3 is 0 Å². The normalized spacial score (nSPS) is 52.0. The van der Waals surface area contributed by atoms with Crippen molar-refractivity contribution in [2.24, 2.45) is 11.8 Å². The van der Waals surface area contributed by atoms with E-state index in [-0.39, 0.29) is 0 Å². The van der Waals surface area contributed by atoms with Crippen LogP contribution in [0.1, 0.15) is 25.7 Å². The molecule has 2 aliphatic rings. The molecule has 0 saturated heterocycles. The molecule has 0 aromatic carbocycles. The molecule has 0 nitrogen and oxygen atoms in total. The Balaban J connectivity index is 2.03. The minimum absolute atomic E-state index is 1.21. The summed E-state index contributed by atoms with van der Waals surface area (Å²) >= 11 is 0. The summed E-state index contributed by atoms with van der Waals surface area (Å²) in [5.41, 5.74) is 0. The molecule has 2 fully saturated rings. The minimum Gasteiger partial charge on any atom is -0.0499 e. The van der Waals surface area contributed by atoms with Crippen LogP contribution in [0.2, 0.25) is 0 Å². The molecule has 0 unspecified atom stereocenters. The maximum absolute atomic E-state index is 1.56. The van der Waals surface area contributed by atoms with Crippen molar-refractivity contribution >= 4 is 0 Å². The van der Waals surface area contributed by atoms with Gasteiger partial charge in [-0.3, -0.25) is 0 Å². The maximum Gasteiger partial charge on any atom is -0.0386 e. The second kappa shape index (κ2) is 0.800. The summed E-state index contributed by atoms with van der Waals surface area (Å²) in [4.78, 5) is 0. The Morgan fingerprint density at radius 3 is 1.00 bits per heavy atom. The first-order chi connectivity index (χ1) is 2.97. The van der Waals surface area contributed by atoms with Crippen LogP contribution in [-0.2, 0) is 0 Å². The quantitative estimate of drug-likeness (QED) is 0.418. The largest absolute Gasteiger partial charge is 0.0499 e. The van der Waals surface area contributed by atoms with E-state index in [2.05, 4.69) is 0 Å². The molecule has 0 aliphatic heterocycles. The van der Waals surface area contributed by atoms with Crippen LogP contribution in [0, 0.1) is 11.8 Å². The van der Waals surface area contributed by atoms with Gasteiger partial charge >= 0.3 is 0 Å². The van der Waals surface area contributed by atoms with Gasteiger partial charge in [0, 0.05) is 0 Å². The average Bonchev–Trinajstić information content (AvgIpc) is 1.54. The highest BCUT2D eigenvalue weighted by atomic mass is 14.4. The molecule has 0 radical (unpaired) electrons. The number of rotatable bonds is 0. The van der Waals surface area contributed by atoms with E-state index in [9.17, 15) is 0 Å². The van der Waals surface area contributed by atoms with Gasteiger partial charge in [0.1, 0.15) is 0 Å². The van der Waals surface area contributed by atoms with Crippen molar-refractivity contribution < 1.29 is 0 Å². The number of hydrogen-bond acceptors (Lipinski definition) is 0. The smallest absolute Gasteiger partial charge is 0.0386 e. The van der Waals surface area contributed by atoms with Crippen molar-refractivity contribution in [3.63, 3.8) is 0 Å². The first kappa shape index (κ1) is 3.06. The van der Waals surface area contributed by atoms with Gasteiger partial charge in [0.25, 0.3) is 0 Å². The van der Waals surface area contributed by atoms with E-state index in [1.54, 1.807) is 25.7 Å². The molecule has 2 aliphatic carbocycles. The number of hydrogen-bond donors (Lipinski definition) is 0. The van der Waals surface area contributed by atoms with Crippen molar-refractivity contribution in [2.45, 2.75) is 25.7 Å². The predicted octanol–water partition coefficient (Wildman–Crippen LogP) is 1.81. The third-order valence-corrected chi connectivity index (χ3v) is 2.48. The fourth-order valence-electron chi connectivity index (χ4n) is 1.56. The third-order valence-electron chi connectivity index (χ3n) is 2.48. The van der Waals surface area contributed by atoms with Crippen LogP contribution < -0.4 is 0 Å². The molecule has 0 atom stereocenters. The molecule has 0 N–H and O–H groups in total. The summed E-state index contributed by atoms with van der Waals surface area (Å²) in [7, 11) is 0.